The summed E-state index contributed by atoms with van der Waals surface area (Å²) in [7, 11) is 0. The van der Waals surface area contributed by atoms with Crippen molar-refractivity contribution in [3.05, 3.63) is 68.6 Å². The fourth-order valence-electron chi connectivity index (χ4n) is 3.42. The number of nitrogens with two attached hydrogens (primary N) is 1. The molecule has 0 radical (unpaired) electrons. The summed E-state index contributed by atoms with van der Waals surface area (Å²) < 4.78 is 1.56. The number of nitrogens with zero attached hydrogens (tertiary/aromatic N) is 5. The number of imidazole rings is 1. The minimum atomic E-state index is -0.500. The summed E-state index contributed by atoms with van der Waals surface area (Å²) in [6.07, 6.45) is 5.24. The lowest BCUT2D eigenvalue weighted by Crippen LogP contribution is -2.28. The number of fused-ring (bicyclic) bond motifs is 1. The van der Waals surface area contributed by atoms with Gasteiger partial charge < -0.3 is 21.1 Å². The standard InChI is InChI=1S/C22H25N9O2/c1-22(2,23)14-5-3-4-12(8-14)10-24-19-28-17-13(9-16-18(32)29-21(33)27-16)11-25-31(17)20(30-19)26-15-6-7-15/h3-5,8-9,11,15,32H,6-7,10,23H2,1-2H3,(H,24,26,30)(H2,27,29,33). The summed E-state index contributed by atoms with van der Waals surface area (Å²) in [5, 5.41) is 18.2. The third-order valence-electron chi connectivity index (χ3n) is 5.38. The van der Waals surface area contributed by atoms with Gasteiger partial charge in [0.1, 0.15) is 5.69 Å². The topological polar surface area (TPSA) is 162 Å². The second-order valence-corrected chi connectivity index (χ2v) is 8.80. The molecule has 0 aliphatic heterocycles. The molecule has 5 rings (SSSR count). The van der Waals surface area contributed by atoms with Crippen LogP contribution < -0.4 is 27.6 Å². The van der Waals surface area contributed by atoms with Crippen LogP contribution in [0.4, 0.5) is 5.95 Å². The van der Waals surface area contributed by atoms with Gasteiger partial charge in [0.05, 0.1) is 12.2 Å². The van der Waals surface area contributed by atoms with E-state index in [1.165, 1.54) is 0 Å². The Hall–Kier alpha value is -3.99. The van der Waals surface area contributed by atoms with Crippen LogP contribution >= 0.6 is 0 Å². The van der Waals surface area contributed by atoms with Crippen LogP contribution in [0.5, 0.6) is 5.88 Å². The van der Waals surface area contributed by atoms with E-state index >= 15 is 0 Å². The van der Waals surface area contributed by atoms with E-state index in [1.54, 1.807) is 16.8 Å². The molecule has 0 amide bonds. The van der Waals surface area contributed by atoms with Gasteiger partial charge in [-0.25, -0.2) is 9.79 Å². The number of hydrogen-bond donors (Lipinski definition) is 5. The molecule has 1 fully saturated rings. The molecular formula is C22H25N9O2. The van der Waals surface area contributed by atoms with Crippen molar-refractivity contribution in [2.45, 2.75) is 44.8 Å². The maximum Gasteiger partial charge on any atom is 0.326 e. The van der Waals surface area contributed by atoms with Crippen molar-refractivity contribution in [2.24, 2.45) is 10.7 Å². The molecule has 1 aromatic carbocycles. The lowest BCUT2D eigenvalue weighted by atomic mass is 9.94. The number of aromatic hydroxyl groups is 1. The number of anilines is 1. The molecule has 3 aromatic heterocycles. The lowest BCUT2D eigenvalue weighted by molar-refractivity contribution is 0.454. The van der Waals surface area contributed by atoms with E-state index in [-0.39, 0.29) is 17.6 Å². The van der Waals surface area contributed by atoms with Crippen LogP contribution in [0.3, 0.4) is 0 Å². The van der Waals surface area contributed by atoms with Crippen LogP contribution in [0.2, 0.25) is 0 Å². The van der Waals surface area contributed by atoms with Gasteiger partial charge >= 0.3 is 5.69 Å². The van der Waals surface area contributed by atoms with Gasteiger partial charge in [-0.3, -0.25) is 4.98 Å². The molecule has 1 aliphatic rings. The van der Waals surface area contributed by atoms with Gasteiger partial charge in [-0.2, -0.15) is 19.6 Å². The molecule has 11 heteroatoms. The zero-order valence-electron chi connectivity index (χ0n) is 18.3. The van der Waals surface area contributed by atoms with Crippen LogP contribution in [0.25, 0.3) is 11.7 Å². The first-order valence-corrected chi connectivity index (χ1v) is 10.7. The van der Waals surface area contributed by atoms with Gasteiger partial charge in [0.15, 0.2) is 5.65 Å². The predicted octanol–water partition coefficient (Wildman–Crippen LogP) is 0.263. The highest BCUT2D eigenvalue weighted by molar-refractivity contribution is 5.57. The summed E-state index contributed by atoms with van der Waals surface area (Å²) in [5.41, 5.74) is 8.58. The molecule has 0 bridgehead atoms. The second-order valence-electron chi connectivity index (χ2n) is 8.80. The maximum atomic E-state index is 11.5. The Morgan fingerprint density at radius 1 is 1.33 bits per heavy atom. The van der Waals surface area contributed by atoms with Crippen molar-refractivity contribution < 1.29 is 5.11 Å². The van der Waals surface area contributed by atoms with Gasteiger partial charge in [-0.05, 0) is 43.9 Å². The summed E-state index contributed by atoms with van der Waals surface area (Å²) in [6, 6.07) is 8.30. The number of nitrogens with one attached hydrogen (secondary N) is 3. The zero-order valence-corrected chi connectivity index (χ0v) is 18.3. The second kappa shape index (κ2) is 7.85. The molecule has 1 saturated carbocycles. The average molecular weight is 448 g/mol. The minimum Gasteiger partial charge on any atom is -0.493 e. The molecule has 0 atom stereocenters. The first-order chi connectivity index (χ1) is 15.8. The molecule has 33 heavy (non-hydrogen) atoms. The third kappa shape index (κ3) is 4.48. The monoisotopic (exact) mass is 447 g/mol. The summed E-state index contributed by atoms with van der Waals surface area (Å²) in [6.45, 7) is 4.44. The van der Waals surface area contributed by atoms with Gasteiger partial charge in [0, 0.05) is 17.3 Å². The predicted molar refractivity (Wildman–Crippen MR) is 122 cm³/mol. The fraction of sp³-hybridized carbons (Fsp3) is 0.318. The first kappa shape index (κ1) is 20.9. The molecule has 3 heterocycles. The molecular weight excluding hydrogens is 422 g/mol. The molecule has 0 spiro atoms. The maximum absolute atomic E-state index is 11.5. The van der Waals surface area contributed by atoms with E-state index < -0.39 is 11.2 Å². The van der Waals surface area contributed by atoms with E-state index in [1.807, 2.05) is 32.0 Å². The zero-order chi connectivity index (χ0) is 23.2. The highest BCUT2D eigenvalue weighted by Crippen LogP contribution is 2.22. The highest BCUT2D eigenvalue weighted by Gasteiger charge is 2.21. The van der Waals surface area contributed by atoms with Crippen LogP contribution in [0.15, 0.2) is 40.2 Å². The molecule has 0 unspecified atom stereocenters. The van der Waals surface area contributed by atoms with E-state index in [0.717, 1.165) is 24.0 Å². The Morgan fingerprint density at radius 2 is 2.15 bits per heavy atom. The van der Waals surface area contributed by atoms with Crippen molar-refractivity contribution in [1.29, 1.82) is 0 Å². The van der Waals surface area contributed by atoms with Crippen LogP contribution in [0, 0.1) is 0 Å². The summed E-state index contributed by atoms with van der Waals surface area (Å²) >= 11 is 0. The van der Waals surface area contributed by atoms with E-state index in [9.17, 15) is 9.90 Å². The smallest absolute Gasteiger partial charge is 0.326 e. The molecule has 11 nitrogen and oxygen atoms in total. The van der Waals surface area contributed by atoms with Crippen molar-refractivity contribution in [3.63, 3.8) is 0 Å². The quantitative estimate of drug-likeness (QED) is 0.283. The normalized spacial score (nSPS) is 15.5. The lowest BCUT2D eigenvalue weighted by Gasteiger charge is -2.20. The summed E-state index contributed by atoms with van der Waals surface area (Å²) in [5.74, 6) is 0.151. The average Bonchev–Trinajstić information content (AvgIpc) is 3.40. The van der Waals surface area contributed by atoms with E-state index in [0.29, 0.717) is 29.0 Å². The number of hydrogen-bond acceptors (Lipinski definition) is 8. The highest BCUT2D eigenvalue weighted by atomic mass is 16.3. The summed E-state index contributed by atoms with van der Waals surface area (Å²) in [4.78, 5) is 30.2. The number of H-pyrrole nitrogens is 2. The van der Waals surface area contributed by atoms with Crippen molar-refractivity contribution in [3.8, 4) is 5.88 Å². The van der Waals surface area contributed by atoms with Gasteiger partial charge in [-0.15, -0.1) is 0 Å². The van der Waals surface area contributed by atoms with E-state index in [2.05, 4.69) is 41.4 Å². The Bertz CT molecular complexity index is 1500. The van der Waals surface area contributed by atoms with Crippen molar-refractivity contribution in [1.82, 2.24) is 29.5 Å². The Balaban J connectivity index is 1.54. The number of aromatic amines is 2. The van der Waals surface area contributed by atoms with Crippen LogP contribution in [0.1, 0.15) is 43.5 Å². The molecule has 170 valence electrons. The third-order valence-corrected chi connectivity index (χ3v) is 5.38. The largest absolute Gasteiger partial charge is 0.493 e. The van der Waals surface area contributed by atoms with Gasteiger partial charge in [0.25, 0.3) is 5.62 Å². The molecule has 6 N–H and O–H groups in total. The molecule has 1 aliphatic carbocycles. The van der Waals surface area contributed by atoms with Crippen LogP contribution in [-0.2, 0) is 12.1 Å². The Kier molecular flexibility index (Phi) is 4.97. The van der Waals surface area contributed by atoms with E-state index in [4.69, 9.17) is 5.73 Å². The minimum absolute atomic E-state index is 0.237. The number of aromatic nitrogens is 6. The van der Waals surface area contributed by atoms with Gasteiger partial charge in [-0.1, -0.05) is 24.3 Å². The first-order valence-electron chi connectivity index (χ1n) is 10.7. The SMILES string of the molecule is CC(C)(N)c1cccc(CNc2nc(=NC3CC3)n3ncc(=Cc4[nH]c(=O)[nH]c4O)c3n2)c1. The van der Waals surface area contributed by atoms with Crippen LogP contribution in [-0.4, -0.2) is 40.7 Å². The van der Waals surface area contributed by atoms with Crippen molar-refractivity contribution >= 4 is 17.7 Å². The Labute approximate surface area is 188 Å². The van der Waals surface area contributed by atoms with Gasteiger partial charge in [0.2, 0.25) is 11.8 Å². The molecule has 0 saturated heterocycles. The van der Waals surface area contributed by atoms with Crippen molar-refractivity contribution in [2.75, 3.05) is 5.32 Å². The number of rotatable bonds is 6. The molecule has 4 aromatic rings. The fourth-order valence-corrected chi connectivity index (χ4v) is 3.42. The Morgan fingerprint density at radius 3 is 2.85 bits per heavy atom. The number of benzene rings is 1.